The SMILES string of the molecule is COc1cc(NCCCOc2ccccc2)c2ncccc2c1. The van der Waals surface area contributed by atoms with Crippen LogP contribution in [0.2, 0.25) is 0 Å². The molecule has 1 heterocycles. The molecule has 4 heteroatoms. The minimum Gasteiger partial charge on any atom is -0.497 e. The van der Waals surface area contributed by atoms with Gasteiger partial charge in [0.25, 0.3) is 0 Å². The normalized spacial score (nSPS) is 10.5. The molecule has 0 bridgehead atoms. The fraction of sp³-hybridized carbons (Fsp3) is 0.211. The molecular weight excluding hydrogens is 288 g/mol. The molecule has 0 saturated heterocycles. The van der Waals surface area contributed by atoms with Gasteiger partial charge in [-0.25, -0.2) is 0 Å². The zero-order valence-corrected chi connectivity index (χ0v) is 13.2. The molecule has 0 atom stereocenters. The summed E-state index contributed by atoms with van der Waals surface area (Å²) in [4.78, 5) is 4.45. The highest BCUT2D eigenvalue weighted by molar-refractivity contribution is 5.91. The Morgan fingerprint density at radius 2 is 1.87 bits per heavy atom. The molecule has 2 aromatic carbocycles. The van der Waals surface area contributed by atoms with Crippen LogP contribution in [0, 0.1) is 0 Å². The number of hydrogen-bond acceptors (Lipinski definition) is 4. The second kappa shape index (κ2) is 7.49. The Balaban J connectivity index is 1.58. The molecule has 0 fully saturated rings. The number of anilines is 1. The van der Waals surface area contributed by atoms with E-state index in [9.17, 15) is 0 Å². The van der Waals surface area contributed by atoms with Crippen LogP contribution in [0.5, 0.6) is 11.5 Å². The summed E-state index contributed by atoms with van der Waals surface area (Å²) in [5.74, 6) is 1.73. The number of nitrogens with zero attached hydrogens (tertiary/aromatic N) is 1. The third-order valence-electron chi connectivity index (χ3n) is 3.56. The maximum absolute atomic E-state index is 5.70. The lowest BCUT2D eigenvalue weighted by Gasteiger charge is -2.12. The van der Waals surface area contributed by atoms with Gasteiger partial charge >= 0.3 is 0 Å². The molecule has 3 aromatic rings. The van der Waals surface area contributed by atoms with Crippen LogP contribution in [-0.2, 0) is 0 Å². The van der Waals surface area contributed by atoms with Crippen LogP contribution in [0.4, 0.5) is 5.69 Å². The number of ether oxygens (including phenoxy) is 2. The van der Waals surface area contributed by atoms with E-state index < -0.39 is 0 Å². The summed E-state index contributed by atoms with van der Waals surface area (Å²) in [6.45, 7) is 1.48. The van der Waals surface area contributed by atoms with Crippen molar-refractivity contribution >= 4 is 16.6 Å². The molecule has 0 aliphatic heterocycles. The van der Waals surface area contributed by atoms with Crippen molar-refractivity contribution < 1.29 is 9.47 Å². The molecule has 118 valence electrons. The Morgan fingerprint density at radius 1 is 1.00 bits per heavy atom. The predicted molar refractivity (Wildman–Crippen MR) is 93.3 cm³/mol. The Hall–Kier alpha value is -2.75. The third kappa shape index (κ3) is 3.92. The number of benzene rings is 2. The molecule has 0 amide bonds. The number of hydrogen-bond donors (Lipinski definition) is 1. The second-order valence-electron chi connectivity index (χ2n) is 5.19. The number of aromatic nitrogens is 1. The summed E-state index contributed by atoms with van der Waals surface area (Å²) in [6, 6.07) is 17.8. The number of methoxy groups -OCH3 is 1. The van der Waals surface area contributed by atoms with Crippen LogP contribution in [0.15, 0.2) is 60.8 Å². The van der Waals surface area contributed by atoms with Gasteiger partial charge in [-0.3, -0.25) is 4.98 Å². The van der Waals surface area contributed by atoms with Crippen LogP contribution < -0.4 is 14.8 Å². The average Bonchev–Trinajstić information content (AvgIpc) is 2.62. The largest absolute Gasteiger partial charge is 0.497 e. The van der Waals surface area contributed by atoms with Crippen molar-refractivity contribution in [3.8, 4) is 11.5 Å². The van der Waals surface area contributed by atoms with E-state index in [1.165, 1.54) is 0 Å². The number of para-hydroxylation sites is 1. The van der Waals surface area contributed by atoms with Crippen molar-refractivity contribution in [3.05, 3.63) is 60.8 Å². The molecular formula is C19H20N2O2. The molecule has 0 unspecified atom stereocenters. The fourth-order valence-corrected chi connectivity index (χ4v) is 2.42. The van der Waals surface area contributed by atoms with Crippen molar-refractivity contribution in [2.24, 2.45) is 0 Å². The van der Waals surface area contributed by atoms with Gasteiger partial charge in [0.15, 0.2) is 0 Å². The Labute approximate surface area is 136 Å². The van der Waals surface area contributed by atoms with Crippen LogP contribution in [-0.4, -0.2) is 25.2 Å². The molecule has 0 aliphatic rings. The van der Waals surface area contributed by atoms with Crippen molar-refractivity contribution in [2.45, 2.75) is 6.42 Å². The van der Waals surface area contributed by atoms with Gasteiger partial charge in [-0.2, -0.15) is 0 Å². The molecule has 3 rings (SSSR count). The molecule has 23 heavy (non-hydrogen) atoms. The van der Waals surface area contributed by atoms with Gasteiger partial charge in [-0.1, -0.05) is 24.3 Å². The summed E-state index contributed by atoms with van der Waals surface area (Å²) >= 11 is 0. The van der Waals surface area contributed by atoms with Crippen molar-refractivity contribution in [2.75, 3.05) is 25.6 Å². The first-order valence-electron chi connectivity index (χ1n) is 7.71. The maximum Gasteiger partial charge on any atom is 0.121 e. The van der Waals surface area contributed by atoms with Crippen molar-refractivity contribution in [3.63, 3.8) is 0 Å². The first-order chi connectivity index (χ1) is 11.4. The third-order valence-corrected chi connectivity index (χ3v) is 3.56. The van der Waals surface area contributed by atoms with Crippen LogP contribution in [0.3, 0.4) is 0 Å². The van der Waals surface area contributed by atoms with Gasteiger partial charge in [0.05, 0.1) is 24.9 Å². The number of nitrogens with one attached hydrogen (secondary N) is 1. The molecule has 1 aromatic heterocycles. The first-order valence-corrected chi connectivity index (χ1v) is 7.71. The monoisotopic (exact) mass is 308 g/mol. The van der Waals surface area contributed by atoms with Crippen LogP contribution in [0.25, 0.3) is 10.9 Å². The average molecular weight is 308 g/mol. The first kappa shape index (κ1) is 15.2. The zero-order chi connectivity index (χ0) is 15.9. The number of pyridine rings is 1. The van der Waals surface area contributed by atoms with Gasteiger partial charge in [-0.05, 0) is 30.7 Å². The summed E-state index contributed by atoms with van der Waals surface area (Å²) in [5.41, 5.74) is 1.94. The van der Waals surface area contributed by atoms with E-state index in [-0.39, 0.29) is 0 Å². The smallest absolute Gasteiger partial charge is 0.121 e. The topological polar surface area (TPSA) is 43.4 Å². The van der Waals surface area contributed by atoms with Crippen LogP contribution >= 0.6 is 0 Å². The number of rotatable bonds is 7. The standard InChI is InChI=1S/C19H20N2O2/c1-22-17-13-15-7-5-10-21-19(15)18(14-17)20-11-6-12-23-16-8-3-2-4-9-16/h2-5,7-10,13-14,20H,6,11-12H2,1H3. The summed E-state index contributed by atoms with van der Waals surface area (Å²) < 4.78 is 11.1. The minimum absolute atomic E-state index is 0.673. The number of fused-ring (bicyclic) bond motifs is 1. The molecule has 1 N–H and O–H groups in total. The molecule has 0 saturated carbocycles. The predicted octanol–water partition coefficient (Wildman–Crippen LogP) is 4.12. The van der Waals surface area contributed by atoms with Crippen LogP contribution in [0.1, 0.15) is 6.42 Å². The Morgan fingerprint density at radius 3 is 2.70 bits per heavy atom. The summed E-state index contributed by atoms with van der Waals surface area (Å²) in [7, 11) is 1.68. The highest BCUT2D eigenvalue weighted by atomic mass is 16.5. The Kier molecular flexibility index (Phi) is 4.94. The molecule has 0 spiro atoms. The van der Waals surface area contributed by atoms with E-state index in [0.717, 1.165) is 41.1 Å². The van der Waals surface area contributed by atoms with Crippen molar-refractivity contribution in [1.82, 2.24) is 4.98 Å². The Bertz CT molecular complexity index is 760. The molecule has 0 aliphatic carbocycles. The van der Waals surface area contributed by atoms with Gasteiger partial charge in [0.2, 0.25) is 0 Å². The van der Waals surface area contributed by atoms with E-state index >= 15 is 0 Å². The van der Waals surface area contributed by atoms with Crippen molar-refractivity contribution in [1.29, 1.82) is 0 Å². The zero-order valence-electron chi connectivity index (χ0n) is 13.2. The molecule has 0 radical (unpaired) electrons. The lowest BCUT2D eigenvalue weighted by atomic mass is 10.1. The van der Waals surface area contributed by atoms with E-state index in [4.69, 9.17) is 9.47 Å². The maximum atomic E-state index is 5.70. The van der Waals surface area contributed by atoms with Gasteiger partial charge in [-0.15, -0.1) is 0 Å². The lowest BCUT2D eigenvalue weighted by molar-refractivity contribution is 0.315. The quantitative estimate of drug-likeness (QED) is 0.667. The highest BCUT2D eigenvalue weighted by Gasteiger charge is 2.05. The second-order valence-corrected chi connectivity index (χ2v) is 5.19. The van der Waals surface area contributed by atoms with E-state index in [0.29, 0.717) is 6.61 Å². The lowest BCUT2D eigenvalue weighted by Crippen LogP contribution is -2.08. The van der Waals surface area contributed by atoms with Gasteiger partial charge in [0.1, 0.15) is 11.5 Å². The van der Waals surface area contributed by atoms with Gasteiger partial charge < -0.3 is 14.8 Å². The fourth-order valence-electron chi connectivity index (χ4n) is 2.42. The summed E-state index contributed by atoms with van der Waals surface area (Å²) in [5, 5.41) is 4.49. The summed E-state index contributed by atoms with van der Waals surface area (Å²) in [6.07, 6.45) is 2.71. The highest BCUT2D eigenvalue weighted by Crippen LogP contribution is 2.27. The van der Waals surface area contributed by atoms with Gasteiger partial charge in [0, 0.05) is 24.2 Å². The van der Waals surface area contributed by atoms with E-state index in [2.05, 4.69) is 10.3 Å². The molecule has 4 nitrogen and oxygen atoms in total. The van der Waals surface area contributed by atoms with E-state index in [1.54, 1.807) is 13.3 Å². The minimum atomic E-state index is 0.673. The van der Waals surface area contributed by atoms with E-state index in [1.807, 2.05) is 54.6 Å².